The Morgan fingerprint density at radius 2 is 2.00 bits per heavy atom. The van der Waals surface area contributed by atoms with Crippen LogP contribution in [0.5, 0.6) is 0 Å². The van der Waals surface area contributed by atoms with Gasteiger partial charge in [0.2, 0.25) is 0 Å². The van der Waals surface area contributed by atoms with E-state index < -0.39 is 10.0 Å². The highest BCUT2D eigenvalue weighted by molar-refractivity contribution is 9.10. The molecule has 0 fully saturated rings. The molecule has 0 radical (unpaired) electrons. The van der Waals surface area contributed by atoms with Gasteiger partial charge in [-0.25, -0.2) is 8.42 Å². The van der Waals surface area contributed by atoms with Crippen LogP contribution in [-0.2, 0) is 17.1 Å². The molecule has 0 amide bonds. The number of halogens is 1. The van der Waals surface area contributed by atoms with Crippen molar-refractivity contribution in [1.29, 1.82) is 0 Å². The molecule has 0 aliphatic rings. The lowest BCUT2D eigenvalue weighted by molar-refractivity contribution is 0.600. The zero-order valence-corrected chi connectivity index (χ0v) is 14.7. The zero-order chi connectivity index (χ0) is 15.7. The van der Waals surface area contributed by atoms with E-state index in [1.165, 1.54) is 4.68 Å². The Bertz CT molecular complexity index is 902. The number of hydrogen-bond donors (Lipinski definition) is 1. The molecular weight excluding hydrogens is 386 g/mol. The smallest absolute Gasteiger partial charge is 0.264 e. The van der Waals surface area contributed by atoms with E-state index in [-0.39, 0.29) is 4.90 Å². The topological polar surface area (TPSA) is 64.0 Å². The van der Waals surface area contributed by atoms with Gasteiger partial charge in [0.1, 0.15) is 16.4 Å². The molecule has 0 unspecified atom stereocenters. The Hall–Kier alpha value is -1.64. The van der Waals surface area contributed by atoms with Crippen LogP contribution < -0.4 is 4.72 Å². The summed E-state index contributed by atoms with van der Waals surface area (Å²) in [5.74, 6) is 0.416. The van der Waals surface area contributed by atoms with Gasteiger partial charge in [0.25, 0.3) is 10.0 Å². The minimum Gasteiger partial charge on any atom is -0.264 e. The van der Waals surface area contributed by atoms with Gasteiger partial charge in [-0.1, -0.05) is 18.2 Å². The Kier molecular flexibility index (Phi) is 4.07. The van der Waals surface area contributed by atoms with Gasteiger partial charge in [0, 0.05) is 17.6 Å². The molecule has 0 bridgehead atoms. The highest BCUT2D eigenvalue weighted by Gasteiger charge is 2.19. The second kappa shape index (κ2) is 5.86. The molecule has 1 aromatic carbocycles. The predicted molar refractivity (Wildman–Crippen MR) is 91.5 cm³/mol. The minimum atomic E-state index is -3.68. The average Bonchev–Trinajstić information content (AvgIpc) is 3.09. The summed E-state index contributed by atoms with van der Waals surface area (Å²) in [5, 5.41) is 6.30. The van der Waals surface area contributed by atoms with Crippen LogP contribution in [0.4, 0.5) is 5.82 Å². The third-order valence-electron chi connectivity index (χ3n) is 3.02. The second-order valence-electron chi connectivity index (χ2n) is 4.55. The van der Waals surface area contributed by atoms with E-state index in [1.807, 2.05) is 17.5 Å². The monoisotopic (exact) mass is 397 g/mol. The van der Waals surface area contributed by atoms with Crippen LogP contribution in [0.3, 0.4) is 0 Å². The van der Waals surface area contributed by atoms with E-state index >= 15 is 0 Å². The number of aryl methyl sites for hydroxylation is 1. The first-order valence-electron chi connectivity index (χ1n) is 6.32. The van der Waals surface area contributed by atoms with Crippen molar-refractivity contribution in [3.05, 3.63) is 52.3 Å². The third-order valence-corrected chi connectivity index (χ3v) is 6.28. The molecule has 0 aliphatic carbocycles. The standard InChI is InChI=1S/C14H12BrN3O2S2/c1-18-14(9-11(16-18)12-6-4-8-21-12)17-22(19,20)13-7-3-2-5-10(13)15/h2-9,17H,1H3. The number of hydrogen-bond acceptors (Lipinski definition) is 4. The fourth-order valence-electron chi connectivity index (χ4n) is 1.96. The first-order valence-corrected chi connectivity index (χ1v) is 9.48. The number of sulfonamides is 1. The number of aromatic nitrogens is 2. The molecule has 1 N–H and O–H groups in total. The molecule has 8 heteroatoms. The maximum atomic E-state index is 12.5. The summed E-state index contributed by atoms with van der Waals surface area (Å²) in [4.78, 5) is 1.18. The molecule has 22 heavy (non-hydrogen) atoms. The summed E-state index contributed by atoms with van der Waals surface area (Å²) in [6, 6.07) is 12.3. The molecule has 0 atom stereocenters. The molecule has 0 aliphatic heterocycles. The molecule has 3 rings (SSSR count). The van der Waals surface area contributed by atoms with E-state index in [1.54, 1.807) is 48.7 Å². The average molecular weight is 398 g/mol. The first-order chi connectivity index (χ1) is 10.5. The predicted octanol–water partition coefficient (Wildman–Crippen LogP) is 3.71. The van der Waals surface area contributed by atoms with Crippen LogP contribution in [0.1, 0.15) is 0 Å². The number of nitrogens with zero attached hydrogens (tertiary/aromatic N) is 2. The maximum absolute atomic E-state index is 12.5. The number of thiophene rings is 1. The summed E-state index contributed by atoms with van der Waals surface area (Å²) in [6.07, 6.45) is 0. The molecule has 2 aromatic heterocycles. The fourth-order valence-corrected chi connectivity index (χ4v) is 4.73. The van der Waals surface area contributed by atoms with Gasteiger partial charge < -0.3 is 0 Å². The Morgan fingerprint density at radius 1 is 1.23 bits per heavy atom. The highest BCUT2D eigenvalue weighted by atomic mass is 79.9. The van der Waals surface area contributed by atoms with Crippen molar-refractivity contribution < 1.29 is 8.42 Å². The summed E-state index contributed by atoms with van der Waals surface area (Å²) in [7, 11) is -1.97. The molecule has 0 spiro atoms. The molecule has 5 nitrogen and oxygen atoms in total. The van der Waals surface area contributed by atoms with Crippen molar-refractivity contribution in [2.45, 2.75) is 4.90 Å². The molecule has 2 heterocycles. The van der Waals surface area contributed by atoms with E-state index in [0.29, 0.717) is 10.3 Å². The Balaban J connectivity index is 1.95. The van der Waals surface area contributed by atoms with Crippen molar-refractivity contribution in [3.63, 3.8) is 0 Å². The van der Waals surface area contributed by atoms with Gasteiger partial charge in [-0.15, -0.1) is 11.3 Å². The summed E-state index contributed by atoms with van der Waals surface area (Å²) in [5.41, 5.74) is 0.738. The van der Waals surface area contributed by atoms with Crippen LogP contribution in [0.15, 0.2) is 57.2 Å². The lowest BCUT2D eigenvalue weighted by atomic mass is 10.3. The van der Waals surface area contributed by atoms with Crippen LogP contribution in [0.2, 0.25) is 0 Å². The number of nitrogens with one attached hydrogen (secondary N) is 1. The fraction of sp³-hybridized carbons (Fsp3) is 0.0714. The Morgan fingerprint density at radius 3 is 2.68 bits per heavy atom. The Labute approximate surface area is 140 Å². The van der Waals surface area contributed by atoms with Crippen molar-refractivity contribution in [3.8, 4) is 10.6 Å². The molecule has 0 saturated carbocycles. The van der Waals surface area contributed by atoms with E-state index in [0.717, 1.165) is 10.6 Å². The summed E-state index contributed by atoms with van der Waals surface area (Å²) in [6.45, 7) is 0. The summed E-state index contributed by atoms with van der Waals surface area (Å²) >= 11 is 4.82. The van der Waals surface area contributed by atoms with Crippen molar-refractivity contribution in [1.82, 2.24) is 9.78 Å². The van der Waals surface area contributed by atoms with Gasteiger partial charge in [-0.3, -0.25) is 9.40 Å². The van der Waals surface area contributed by atoms with Crippen LogP contribution in [-0.4, -0.2) is 18.2 Å². The van der Waals surface area contributed by atoms with E-state index in [9.17, 15) is 8.42 Å². The van der Waals surface area contributed by atoms with E-state index in [4.69, 9.17) is 0 Å². The number of benzene rings is 1. The van der Waals surface area contributed by atoms with Crippen LogP contribution in [0.25, 0.3) is 10.6 Å². The lowest BCUT2D eigenvalue weighted by Gasteiger charge is -2.09. The maximum Gasteiger partial charge on any atom is 0.264 e. The zero-order valence-electron chi connectivity index (χ0n) is 11.5. The van der Waals surface area contributed by atoms with Gasteiger partial charge in [-0.05, 0) is 39.5 Å². The first kappa shape index (κ1) is 15.3. The second-order valence-corrected chi connectivity index (χ2v) is 8.00. The molecular formula is C14H12BrN3O2S2. The SMILES string of the molecule is Cn1nc(-c2cccs2)cc1NS(=O)(=O)c1ccccc1Br. The molecule has 0 saturated heterocycles. The normalized spacial score (nSPS) is 11.5. The lowest BCUT2D eigenvalue weighted by Crippen LogP contribution is -2.15. The quantitative estimate of drug-likeness (QED) is 0.729. The van der Waals surface area contributed by atoms with Gasteiger partial charge in [0.05, 0.1) is 4.88 Å². The summed E-state index contributed by atoms with van der Waals surface area (Å²) < 4.78 is 29.6. The largest absolute Gasteiger partial charge is 0.264 e. The van der Waals surface area contributed by atoms with Crippen molar-refractivity contribution in [2.75, 3.05) is 4.72 Å². The highest BCUT2D eigenvalue weighted by Crippen LogP contribution is 2.28. The minimum absolute atomic E-state index is 0.189. The number of anilines is 1. The number of rotatable bonds is 4. The van der Waals surface area contributed by atoms with Crippen LogP contribution in [0, 0.1) is 0 Å². The van der Waals surface area contributed by atoms with Crippen molar-refractivity contribution >= 4 is 43.1 Å². The van der Waals surface area contributed by atoms with Crippen LogP contribution >= 0.6 is 27.3 Å². The van der Waals surface area contributed by atoms with Gasteiger partial charge >= 0.3 is 0 Å². The molecule has 114 valence electrons. The van der Waals surface area contributed by atoms with Gasteiger partial charge in [-0.2, -0.15) is 5.10 Å². The molecule has 3 aromatic rings. The van der Waals surface area contributed by atoms with E-state index in [2.05, 4.69) is 25.8 Å². The van der Waals surface area contributed by atoms with Crippen molar-refractivity contribution in [2.24, 2.45) is 7.05 Å². The van der Waals surface area contributed by atoms with Gasteiger partial charge in [0.15, 0.2) is 0 Å². The third kappa shape index (κ3) is 2.94.